The fraction of sp³-hybridized carbons (Fsp3) is 0.538. The van der Waals surface area contributed by atoms with Gasteiger partial charge in [-0.1, -0.05) is 19.9 Å². The first-order valence-electron chi connectivity index (χ1n) is 6.23. The molecule has 94 valence electrons. The summed E-state index contributed by atoms with van der Waals surface area (Å²) < 4.78 is 0. The minimum absolute atomic E-state index is 0.0987. The van der Waals surface area contributed by atoms with E-state index in [1.807, 2.05) is 19.1 Å². The van der Waals surface area contributed by atoms with Gasteiger partial charge in [0.2, 0.25) is 0 Å². The lowest BCUT2D eigenvalue weighted by Crippen LogP contribution is -2.34. The first-order valence-corrected chi connectivity index (χ1v) is 6.23. The molecule has 0 bridgehead atoms. The molecule has 2 N–H and O–H groups in total. The zero-order valence-electron chi connectivity index (χ0n) is 10.8. The van der Waals surface area contributed by atoms with E-state index in [2.05, 4.69) is 29.5 Å². The van der Waals surface area contributed by atoms with Crippen LogP contribution in [0.25, 0.3) is 0 Å². The highest BCUT2D eigenvalue weighted by Crippen LogP contribution is 2.05. The van der Waals surface area contributed by atoms with Gasteiger partial charge in [-0.05, 0) is 31.9 Å². The molecule has 0 atom stereocenters. The van der Waals surface area contributed by atoms with Gasteiger partial charge in [-0.3, -0.25) is 4.79 Å². The summed E-state index contributed by atoms with van der Waals surface area (Å²) in [5.74, 6) is 0.642. The molecule has 0 aromatic carbocycles. The minimum atomic E-state index is -0.0987. The molecule has 0 spiro atoms. The molecule has 0 fully saturated rings. The van der Waals surface area contributed by atoms with Gasteiger partial charge in [0.25, 0.3) is 5.91 Å². The highest BCUT2D eigenvalue weighted by molar-refractivity contribution is 5.92. The second kappa shape index (κ2) is 6.89. The average Bonchev–Trinajstić information content (AvgIpc) is 2.36. The summed E-state index contributed by atoms with van der Waals surface area (Å²) in [6, 6.07) is 5.66. The van der Waals surface area contributed by atoms with E-state index in [4.69, 9.17) is 0 Å². The van der Waals surface area contributed by atoms with Gasteiger partial charge >= 0.3 is 0 Å². The largest absolute Gasteiger partial charge is 0.370 e. The van der Waals surface area contributed by atoms with E-state index in [1.165, 1.54) is 0 Å². The maximum Gasteiger partial charge on any atom is 0.270 e. The Balaban J connectivity index is 2.71. The second-order valence-corrected chi connectivity index (χ2v) is 3.93. The van der Waals surface area contributed by atoms with E-state index in [0.717, 1.165) is 25.2 Å². The zero-order valence-corrected chi connectivity index (χ0v) is 10.8. The van der Waals surface area contributed by atoms with Crippen LogP contribution in [-0.4, -0.2) is 23.5 Å². The molecule has 4 heteroatoms. The Morgan fingerprint density at radius 1 is 1.29 bits per heavy atom. The number of amides is 1. The molecule has 0 aliphatic carbocycles. The molecular weight excluding hydrogens is 214 g/mol. The number of hydrogen-bond acceptors (Lipinski definition) is 3. The summed E-state index contributed by atoms with van der Waals surface area (Å²) in [5.41, 5.74) is 0.468. The molecule has 0 aliphatic heterocycles. The van der Waals surface area contributed by atoms with Gasteiger partial charge in [0, 0.05) is 12.6 Å². The molecule has 1 aromatic heterocycles. The predicted molar refractivity (Wildman–Crippen MR) is 70.2 cm³/mol. The molecule has 1 amide bonds. The molecule has 0 saturated heterocycles. The molecule has 17 heavy (non-hydrogen) atoms. The number of carbonyl (C=O) groups excluding carboxylic acids is 1. The normalized spacial score (nSPS) is 10.4. The first kappa shape index (κ1) is 13.5. The number of nitrogens with one attached hydrogen (secondary N) is 2. The van der Waals surface area contributed by atoms with E-state index < -0.39 is 0 Å². The van der Waals surface area contributed by atoms with E-state index in [9.17, 15) is 4.79 Å². The summed E-state index contributed by atoms with van der Waals surface area (Å²) in [4.78, 5) is 16.2. The Bertz CT molecular complexity index is 361. The van der Waals surface area contributed by atoms with Crippen LogP contribution in [0.2, 0.25) is 0 Å². The zero-order chi connectivity index (χ0) is 12.7. The van der Waals surface area contributed by atoms with Crippen LogP contribution in [0.4, 0.5) is 5.82 Å². The number of carbonyl (C=O) groups is 1. The topological polar surface area (TPSA) is 54.0 Å². The fourth-order valence-corrected chi connectivity index (χ4v) is 1.59. The van der Waals surface area contributed by atoms with Crippen LogP contribution in [0.5, 0.6) is 0 Å². The third-order valence-electron chi connectivity index (χ3n) is 2.66. The van der Waals surface area contributed by atoms with Gasteiger partial charge in [0.1, 0.15) is 11.5 Å². The van der Waals surface area contributed by atoms with Crippen LogP contribution in [-0.2, 0) is 0 Å². The summed E-state index contributed by atoms with van der Waals surface area (Å²) in [6.45, 7) is 6.93. The van der Waals surface area contributed by atoms with Crippen LogP contribution >= 0.6 is 0 Å². The molecule has 1 heterocycles. The van der Waals surface area contributed by atoms with Crippen molar-refractivity contribution in [3.63, 3.8) is 0 Å². The van der Waals surface area contributed by atoms with E-state index in [1.54, 1.807) is 6.07 Å². The molecule has 4 nitrogen and oxygen atoms in total. The SMILES string of the molecule is CCNc1cccc(C(=O)NC(CC)CC)n1. The lowest BCUT2D eigenvalue weighted by Gasteiger charge is -2.14. The third-order valence-corrected chi connectivity index (χ3v) is 2.66. The van der Waals surface area contributed by atoms with Crippen LogP contribution < -0.4 is 10.6 Å². The Morgan fingerprint density at radius 3 is 2.59 bits per heavy atom. The van der Waals surface area contributed by atoms with E-state index in [-0.39, 0.29) is 11.9 Å². The predicted octanol–water partition coefficient (Wildman–Crippen LogP) is 2.43. The van der Waals surface area contributed by atoms with E-state index in [0.29, 0.717) is 5.69 Å². The standard InChI is InChI=1S/C13H21N3O/c1-4-10(5-2)15-13(17)11-8-7-9-12(16-11)14-6-3/h7-10H,4-6H2,1-3H3,(H,14,16)(H,15,17). The monoisotopic (exact) mass is 235 g/mol. The van der Waals surface area contributed by atoms with Crippen molar-refractivity contribution in [2.24, 2.45) is 0 Å². The van der Waals surface area contributed by atoms with Gasteiger partial charge in [-0.15, -0.1) is 0 Å². The van der Waals surface area contributed by atoms with Gasteiger partial charge in [0.15, 0.2) is 0 Å². The molecule has 0 saturated carbocycles. The first-order chi connectivity index (χ1) is 8.21. The molecule has 0 aliphatic rings. The van der Waals surface area contributed by atoms with Crippen LogP contribution in [0, 0.1) is 0 Å². The number of aromatic nitrogens is 1. The van der Waals surface area contributed by atoms with Crippen molar-refractivity contribution in [1.29, 1.82) is 0 Å². The van der Waals surface area contributed by atoms with Crippen LogP contribution in [0.3, 0.4) is 0 Å². The van der Waals surface area contributed by atoms with Gasteiger partial charge < -0.3 is 10.6 Å². The molecule has 0 unspecified atom stereocenters. The van der Waals surface area contributed by atoms with Crippen LogP contribution in [0.1, 0.15) is 44.1 Å². The second-order valence-electron chi connectivity index (χ2n) is 3.93. The number of nitrogens with zero attached hydrogens (tertiary/aromatic N) is 1. The Morgan fingerprint density at radius 2 is 2.00 bits per heavy atom. The summed E-state index contributed by atoms with van der Waals surface area (Å²) in [6.07, 6.45) is 1.88. The molecule has 1 aromatic rings. The minimum Gasteiger partial charge on any atom is -0.370 e. The average molecular weight is 235 g/mol. The number of anilines is 1. The number of pyridine rings is 1. The summed E-state index contributed by atoms with van der Waals surface area (Å²) in [5, 5.41) is 6.07. The lowest BCUT2D eigenvalue weighted by molar-refractivity contribution is 0.0930. The van der Waals surface area contributed by atoms with Crippen molar-refractivity contribution in [2.75, 3.05) is 11.9 Å². The Hall–Kier alpha value is -1.58. The van der Waals surface area contributed by atoms with Crippen molar-refractivity contribution >= 4 is 11.7 Å². The number of rotatable bonds is 6. The smallest absolute Gasteiger partial charge is 0.270 e. The summed E-state index contributed by atoms with van der Waals surface area (Å²) >= 11 is 0. The van der Waals surface area contributed by atoms with Crippen molar-refractivity contribution in [3.05, 3.63) is 23.9 Å². The van der Waals surface area contributed by atoms with Gasteiger partial charge in [-0.2, -0.15) is 0 Å². The Kier molecular flexibility index (Phi) is 5.46. The van der Waals surface area contributed by atoms with Gasteiger partial charge in [-0.25, -0.2) is 4.98 Å². The van der Waals surface area contributed by atoms with Crippen molar-refractivity contribution in [3.8, 4) is 0 Å². The molecule has 1 rings (SSSR count). The third kappa shape index (κ3) is 4.06. The van der Waals surface area contributed by atoms with E-state index >= 15 is 0 Å². The highest BCUT2D eigenvalue weighted by Gasteiger charge is 2.11. The fourth-order valence-electron chi connectivity index (χ4n) is 1.59. The molecular formula is C13H21N3O. The quantitative estimate of drug-likeness (QED) is 0.796. The van der Waals surface area contributed by atoms with Crippen LogP contribution in [0.15, 0.2) is 18.2 Å². The van der Waals surface area contributed by atoms with Crippen molar-refractivity contribution in [2.45, 2.75) is 39.7 Å². The van der Waals surface area contributed by atoms with Crippen molar-refractivity contribution in [1.82, 2.24) is 10.3 Å². The number of hydrogen-bond donors (Lipinski definition) is 2. The Labute approximate surface area is 103 Å². The molecule has 0 radical (unpaired) electrons. The highest BCUT2D eigenvalue weighted by atomic mass is 16.1. The summed E-state index contributed by atoms with van der Waals surface area (Å²) in [7, 11) is 0. The lowest BCUT2D eigenvalue weighted by atomic mass is 10.1. The maximum absolute atomic E-state index is 11.9. The maximum atomic E-state index is 11.9. The van der Waals surface area contributed by atoms with Crippen molar-refractivity contribution < 1.29 is 4.79 Å². The van der Waals surface area contributed by atoms with Gasteiger partial charge in [0.05, 0.1) is 0 Å².